The van der Waals surface area contributed by atoms with Gasteiger partial charge in [-0.3, -0.25) is 0 Å². The molecule has 0 unspecified atom stereocenters. The molecule has 4 bridgehead atoms. The first-order chi connectivity index (χ1) is 16.5. The number of ether oxygens (including phenoxy) is 3. The second-order valence-electron chi connectivity index (χ2n) is 10.1. The van der Waals surface area contributed by atoms with Crippen molar-refractivity contribution in [3.8, 4) is 16.5 Å². The summed E-state index contributed by atoms with van der Waals surface area (Å²) in [6.45, 7) is 3.30. The fourth-order valence-electron chi connectivity index (χ4n) is 6.61. The van der Waals surface area contributed by atoms with Crippen molar-refractivity contribution in [2.45, 2.75) is 63.7 Å². The summed E-state index contributed by atoms with van der Waals surface area (Å²) >= 11 is -0.0830. The van der Waals surface area contributed by atoms with Crippen LogP contribution < -0.4 is 9.20 Å². The van der Waals surface area contributed by atoms with E-state index in [2.05, 4.69) is 28.9 Å². The predicted octanol–water partition coefficient (Wildman–Crippen LogP) is 4.26. The number of rotatable bonds is 11. The number of benzene rings is 1. The summed E-state index contributed by atoms with van der Waals surface area (Å²) < 4.78 is 18.1. The summed E-state index contributed by atoms with van der Waals surface area (Å²) in [7, 11) is 1.67. The first-order valence-corrected chi connectivity index (χ1v) is 14.2. The molecule has 1 N–H and O–H groups in total. The predicted molar refractivity (Wildman–Crippen MR) is 133 cm³/mol. The molecule has 4 aliphatic rings. The summed E-state index contributed by atoms with van der Waals surface area (Å²) in [4.78, 5) is 14.3. The third-order valence-corrected chi connectivity index (χ3v) is 8.95. The van der Waals surface area contributed by atoms with Gasteiger partial charge in [0.1, 0.15) is 0 Å². The number of methoxy groups -OCH3 is 1. The van der Waals surface area contributed by atoms with E-state index >= 15 is 0 Å². The normalized spacial score (nSPS) is 27.4. The second kappa shape index (κ2) is 11.8. The van der Waals surface area contributed by atoms with Crippen LogP contribution in [0.4, 0.5) is 0 Å². The quantitative estimate of drug-likeness (QED) is 0.152. The number of carboxylic acids is 1. The average molecular weight is 532 g/mol. The van der Waals surface area contributed by atoms with Crippen molar-refractivity contribution in [3.63, 3.8) is 0 Å². The Balaban J connectivity index is 1.54. The second-order valence-corrected chi connectivity index (χ2v) is 12.0. The Hall–Kier alpha value is -1.77. The molecular weight excluding hydrogens is 495 g/mol. The molecule has 4 aliphatic carbocycles. The standard InChI is InChI=1S/C28H36O5Se/c1-3-4-20(14-27(29)30)7-10-34-24-5-6-25(26(15-24)33-19-32-9-8-31-2)28-16-21-11-22(17-28)13-23(12-21)18-28/h5-6,14-15,21-23H,3-4,8-9,11-13,16-19H2,1-2H3,(H,29,30). The SMILES string of the molecule is CCCC(C#C[Se]c1ccc(C23CC4CC(CC(C4)C2)C3)c(OCOCCOC)c1)=CC(=O)O. The zero-order chi connectivity index (χ0) is 24.0. The van der Waals surface area contributed by atoms with E-state index in [-0.39, 0.29) is 27.2 Å². The molecule has 1 aromatic carbocycles. The number of carboxylic acid groups (broad SMARTS) is 1. The summed E-state index contributed by atoms with van der Waals surface area (Å²) in [6, 6.07) is 6.65. The number of carbonyl (C=O) groups is 1. The van der Waals surface area contributed by atoms with Crippen LogP contribution in [-0.2, 0) is 19.7 Å². The zero-order valence-corrected chi connectivity index (χ0v) is 22.0. The molecule has 4 fully saturated rings. The molecule has 5 rings (SSSR count). The molecule has 34 heavy (non-hydrogen) atoms. The van der Waals surface area contributed by atoms with E-state index in [1.165, 1.54) is 50.2 Å². The first kappa shape index (κ1) is 25.3. The van der Waals surface area contributed by atoms with Crippen molar-refractivity contribution >= 4 is 25.4 Å². The van der Waals surface area contributed by atoms with Crippen LogP contribution in [0.2, 0.25) is 0 Å². The van der Waals surface area contributed by atoms with E-state index in [0.29, 0.717) is 25.2 Å². The fraction of sp³-hybridized carbons (Fsp3) is 0.607. The summed E-state index contributed by atoms with van der Waals surface area (Å²) in [5.41, 5.74) is 2.28. The fourth-order valence-corrected chi connectivity index (χ4v) is 7.87. The number of hydrogen-bond donors (Lipinski definition) is 1. The van der Waals surface area contributed by atoms with Gasteiger partial charge in [-0.15, -0.1) is 0 Å². The van der Waals surface area contributed by atoms with Crippen LogP contribution in [0, 0.1) is 28.5 Å². The summed E-state index contributed by atoms with van der Waals surface area (Å²) in [5, 5.41) is 9.07. The third-order valence-electron chi connectivity index (χ3n) is 7.49. The molecule has 5 nitrogen and oxygen atoms in total. The first-order valence-electron chi connectivity index (χ1n) is 12.5. The van der Waals surface area contributed by atoms with Gasteiger partial charge in [-0.05, 0) is 0 Å². The van der Waals surface area contributed by atoms with E-state index in [4.69, 9.17) is 19.3 Å². The topological polar surface area (TPSA) is 65.0 Å². The Morgan fingerprint density at radius 3 is 2.50 bits per heavy atom. The van der Waals surface area contributed by atoms with Gasteiger partial charge in [0.2, 0.25) is 0 Å². The van der Waals surface area contributed by atoms with Crippen LogP contribution >= 0.6 is 0 Å². The van der Waals surface area contributed by atoms with Crippen LogP contribution in [0.1, 0.15) is 63.9 Å². The Bertz CT molecular complexity index is 922. The average Bonchev–Trinajstić information content (AvgIpc) is 2.78. The van der Waals surface area contributed by atoms with Crippen molar-refractivity contribution in [3.05, 3.63) is 35.4 Å². The van der Waals surface area contributed by atoms with Gasteiger partial charge >= 0.3 is 210 Å². The van der Waals surface area contributed by atoms with Gasteiger partial charge in [-0.1, -0.05) is 0 Å². The van der Waals surface area contributed by atoms with E-state index in [0.717, 1.165) is 34.4 Å². The minimum atomic E-state index is -0.936. The van der Waals surface area contributed by atoms with Crippen molar-refractivity contribution < 1.29 is 24.1 Å². The van der Waals surface area contributed by atoms with Crippen molar-refractivity contribution in [2.75, 3.05) is 27.1 Å². The third kappa shape index (κ3) is 6.26. The minimum absolute atomic E-state index is 0.0830. The van der Waals surface area contributed by atoms with E-state index in [9.17, 15) is 4.79 Å². The van der Waals surface area contributed by atoms with Gasteiger partial charge < -0.3 is 0 Å². The number of aliphatic carboxylic acids is 1. The van der Waals surface area contributed by atoms with Crippen LogP contribution in [0.3, 0.4) is 0 Å². The molecule has 0 radical (unpaired) electrons. The van der Waals surface area contributed by atoms with E-state index in [1.54, 1.807) is 7.11 Å². The molecule has 0 heterocycles. The van der Waals surface area contributed by atoms with Gasteiger partial charge in [0.15, 0.2) is 0 Å². The summed E-state index contributed by atoms with van der Waals surface area (Å²) in [6.07, 6.45) is 10.9. The van der Waals surface area contributed by atoms with Crippen molar-refractivity contribution in [1.82, 2.24) is 0 Å². The molecule has 0 spiro atoms. The van der Waals surface area contributed by atoms with Gasteiger partial charge in [-0.2, -0.15) is 0 Å². The van der Waals surface area contributed by atoms with Crippen molar-refractivity contribution in [1.29, 1.82) is 0 Å². The van der Waals surface area contributed by atoms with Gasteiger partial charge in [0.25, 0.3) is 0 Å². The van der Waals surface area contributed by atoms with E-state index < -0.39 is 5.97 Å². The van der Waals surface area contributed by atoms with Crippen LogP contribution in [0.25, 0.3) is 0 Å². The van der Waals surface area contributed by atoms with Crippen LogP contribution in [-0.4, -0.2) is 53.1 Å². The Kier molecular flexibility index (Phi) is 8.77. The molecule has 4 saturated carbocycles. The molecule has 6 heteroatoms. The maximum atomic E-state index is 11.1. The van der Waals surface area contributed by atoms with Crippen molar-refractivity contribution in [2.24, 2.45) is 17.8 Å². The molecule has 0 saturated heterocycles. The monoisotopic (exact) mass is 532 g/mol. The van der Waals surface area contributed by atoms with Gasteiger partial charge in [0.05, 0.1) is 0 Å². The molecule has 0 aromatic heterocycles. The van der Waals surface area contributed by atoms with Gasteiger partial charge in [-0.25, -0.2) is 0 Å². The molecule has 0 aliphatic heterocycles. The zero-order valence-electron chi connectivity index (χ0n) is 20.3. The van der Waals surface area contributed by atoms with Crippen LogP contribution in [0.5, 0.6) is 5.75 Å². The molecule has 184 valence electrons. The molecular formula is C28H36O5Se. The number of hydrogen-bond acceptors (Lipinski definition) is 4. The Morgan fingerprint density at radius 2 is 1.88 bits per heavy atom. The molecule has 1 aromatic rings. The summed E-state index contributed by atoms with van der Waals surface area (Å²) in [5.74, 6) is 5.69. The van der Waals surface area contributed by atoms with E-state index in [1.807, 2.05) is 6.92 Å². The molecule has 0 amide bonds. The van der Waals surface area contributed by atoms with Gasteiger partial charge in [0, 0.05) is 0 Å². The Morgan fingerprint density at radius 1 is 1.18 bits per heavy atom. The maximum absolute atomic E-state index is 11.1. The van der Waals surface area contributed by atoms with Crippen LogP contribution in [0.15, 0.2) is 29.8 Å². The number of allylic oxidation sites excluding steroid dienone is 1. The molecule has 0 atom stereocenters. The Labute approximate surface area is 209 Å².